The largest absolute Gasteiger partial charge is 0.328 e. The number of hydrogen-bond donors (Lipinski definition) is 1. The molecule has 2 unspecified atom stereocenters. The SMILES string of the molecule is CCCn1ncnc1CC1(F)CCCC(N)C1. The molecule has 5 heteroatoms. The molecule has 96 valence electrons. The van der Waals surface area contributed by atoms with E-state index in [1.165, 1.54) is 6.33 Å². The minimum atomic E-state index is -1.18. The summed E-state index contributed by atoms with van der Waals surface area (Å²) >= 11 is 0. The Balaban J connectivity index is 2.05. The summed E-state index contributed by atoms with van der Waals surface area (Å²) in [5.74, 6) is 0.753. The molecule has 0 amide bonds. The molecule has 1 aromatic rings. The molecule has 4 nitrogen and oxygen atoms in total. The summed E-state index contributed by atoms with van der Waals surface area (Å²) in [7, 11) is 0. The third-order valence-corrected chi connectivity index (χ3v) is 3.43. The van der Waals surface area contributed by atoms with Crippen molar-refractivity contribution in [3.05, 3.63) is 12.2 Å². The minimum absolute atomic E-state index is 0.00343. The fourth-order valence-corrected chi connectivity index (χ4v) is 2.62. The highest BCUT2D eigenvalue weighted by molar-refractivity contribution is 4.98. The van der Waals surface area contributed by atoms with Gasteiger partial charge in [-0.05, 0) is 32.1 Å². The summed E-state index contributed by atoms with van der Waals surface area (Å²) in [6, 6.07) is -0.00343. The third-order valence-electron chi connectivity index (χ3n) is 3.43. The number of aromatic nitrogens is 3. The number of alkyl halides is 1. The smallest absolute Gasteiger partial charge is 0.138 e. The van der Waals surface area contributed by atoms with Gasteiger partial charge in [0.25, 0.3) is 0 Å². The Kier molecular flexibility index (Phi) is 3.76. The van der Waals surface area contributed by atoms with E-state index in [2.05, 4.69) is 17.0 Å². The number of nitrogens with zero attached hydrogens (tertiary/aromatic N) is 3. The van der Waals surface area contributed by atoms with Gasteiger partial charge < -0.3 is 5.73 Å². The van der Waals surface area contributed by atoms with Crippen LogP contribution < -0.4 is 5.73 Å². The summed E-state index contributed by atoms with van der Waals surface area (Å²) in [6.45, 7) is 2.88. The normalized spacial score (nSPS) is 29.5. The molecular formula is C12H21FN4. The Hall–Kier alpha value is -0.970. The fourth-order valence-electron chi connectivity index (χ4n) is 2.62. The molecular weight excluding hydrogens is 219 g/mol. The number of hydrogen-bond acceptors (Lipinski definition) is 3. The maximum absolute atomic E-state index is 14.6. The number of nitrogens with two attached hydrogens (primary N) is 1. The van der Waals surface area contributed by atoms with Crippen molar-refractivity contribution >= 4 is 0 Å². The van der Waals surface area contributed by atoms with Crippen LogP contribution in [0.15, 0.2) is 6.33 Å². The second-order valence-corrected chi connectivity index (χ2v) is 5.08. The van der Waals surface area contributed by atoms with Crippen LogP contribution in [0, 0.1) is 0 Å². The predicted octanol–water partition coefficient (Wildman–Crippen LogP) is 1.84. The maximum Gasteiger partial charge on any atom is 0.138 e. The Labute approximate surface area is 101 Å². The van der Waals surface area contributed by atoms with Crippen molar-refractivity contribution in [1.29, 1.82) is 0 Å². The van der Waals surface area contributed by atoms with Gasteiger partial charge in [-0.1, -0.05) is 6.92 Å². The lowest BCUT2D eigenvalue weighted by molar-refractivity contribution is 0.0927. The van der Waals surface area contributed by atoms with Crippen molar-refractivity contribution in [1.82, 2.24) is 14.8 Å². The lowest BCUT2D eigenvalue weighted by Crippen LogP contribution is -2.40. The zero-order valence-electron chi connectivity index (χ0n) is 10.4. The van der Waals surface area contributed by atoms with Crippen molar-refractivity contribution in [3.8, 4) is 0 Å². The van der Waals surface area contributed by atoms with E-state index >= 15 is 0 Å². The van der Waals surface area contributed by atoms with Gasteiger partial charge in [0.15, 0.2) is 0 Å². The molecule has 2 rings (SSSR count). The number of rotatable bonds is 4. The first kappa shape index (κ1) is 12.5. The molecule has 1 aliphatic rings. The first-order chi connectivity index (χ1) is 8.13. The molecule has 1 fully saturated rings. The van der Waals surface area contributed by atoms with E-state index < -0.39 is 5.67 Å². The van der Waals surface area contributed by atoms with Crippen molar-refractivity contribution in [2.75, 3.05) is 0 Å². The monoisotopic (exact) mass is 240 g/mol. The van der Waals surface area contributed by atoms with Crippen molar-refractivity contribution in [2.24, 2.45) is 5.73 Å². The second-order valence-electron chi connectivity index (χ2n) is 5.08. The molecule has 1 aromatic heterocycles. The lowest BCUT2D eigenvalue weighted by atomic mass is 9.81. The number of aryl methyl sites for hydroxylation is 1. The second kappa shape index (κ2) is 5.12. The Bertz CT molecular complexity index is 365. The Morgan fingerprint density at radius 3 is 3.18 bits per heavy atom. The zero-order valence-corrected chi connectivity index (χ0v) is 10.4. The number of halogens is 1. The molecule has 0 bridgehead atoms. The molecule has 1 aliphatic carbocycles. The lowest BCUT2D eigenvalue weighted by Gasteiger charge is -2.32. The van der Waals surface area contributed by atoms with Gasteiger partial charge in [0.05, 0.1) is 0 Å². The molecule has 1 heterocycles. The average Bonchev–Trinajstić information content (AvgIpc) is 2.65. The van der Waals surface area contributed by atoms with Gasteiger partial charge in [0.2, 0.25) is 0 Å². The van der Waals surface area contributed by atoms with Crippen LogP contribution in [-0.2, 0) is 13.0 Å². The maximum atomic E-state index is 14.6. The van der Waals surface area contributed by atoms with Gasteiger partial charge in [-0.3, -0.25) is 0 Å². The van der Waals surface area contributed by atoms with E-state index in [1.54, 1.807) is 0 Å². The quantitative estimate of drug-likeness (QED) is 0.873. The first-order valence-corrected chi connectivity index (χ1v) is 6.44. The molecule has 0 saturated heterocycles. The first-order valence-electron chi connectivity index (χ1n) is 6.44. The van der Waals surface area contributed by atoms with E-state index in [0.29, 0.717) is 19.3 Å². The summed E-state index contributed by atoms with van der Waals surface area (Å²) < 4.78 is 16.5. The average molecular weight is 240 g/mol. The van der Waals surface area contributed by atoms with Gasteiger partial charge in [-0.2, -0.15) is 5.10 Å². The summed E-state index contributed by atoms with van der Waals surface area (Å²) in [5, 5.41) is 4.13. The predicted molar refractivity (Wildman–Crippen MR) is 64.3 cm³/mol. The molecule has 0 aliphatic heterocycles. The highest BCUT2D eigenvalue weighted by atomic mass is 19.1. The minimum Gasteiger partial charge on any atom is -0.328 e. The summed E-state index contributed by atoms with van der Waals surface area (Å²) in [5.41, 5.74) is 4.67. The third kappa shape index (κ3) is 3.03. The van der Waals surface area contributed by atoms with Crippen LogP contribution in [0.5, 0.6) is 0 Å². The van der Waals surface area contributed by atoms with Crippen LogP contribution in [0.4, 0.5) is 4.39 Å². The van der Waals surface area contributed by atoms with E-state index in [0.717, 1.165) is 31.6 Å². The molecule has 0 aromatic carbocycles. The van der Waals surface area contributed by atoms with Crippen LogP contribution in [0.1, 0.15) is 44.9 Å². The summed E-state index contributed by atoms with van der Waals surface area (Å²) in [6.07, 6.45) is 5.70. The van der Waals surface area contributed by atoms with Gasteiger partial charge in [-0.25, -0.2) is 14.1 Å². The molecule has 2 atom stereocenters. The molecule has 0 radical (unpaired) electrons. The Morgan fingerprint density at radius 2 is 2.47 bits per heavy atom. The standard InChI is InChI=1S/C12H21FN4/c1-2-6-17-11(15-9-16-17)8-12(13)5-3-4-10(14)7-12/h9-10H,2-8,14H2,1H3. The van der Waals surface area contributed by atoms with E-state index in [-0.39, 0.29) is 6.04 Å². The van der Waals surface area contributed by atoms with Crippen molar-refractivity contribution in [3.63, 3.8) is 0 Å². The molecule has 1 saturated carbocycles. The fraction of sp³-hybridized carbons (Fsp3) is 0.833. The van der Waals surface area contributed by atoms with Crippen LogP contribution in [0.3, 0.4) is 0 Å². The van der Waals surface area contributed by atoms with Crippen LogP contribution in [0.25, 0.3) is 0 Å². The van der Waals surface area contributed by atoms with Gasteiger partial charge >= 0.3 is 0 Å². The van der Waals surface area contributed by atoms with Gasteiger partial charge in [-0.15, -0.1) is 0 Å². The topological polar surface area (TPSA) is 56.7 Å². The van der Waals surface area contributed by atoms with Gasteiger partial charge in [0, 0.05) is 19.0 Å². The van der Waals surface area contributed by atoms with E-state index in [4.69, 9.17) is 5.73 Å². The summed E-state index contributed by atoms with van der Waals surface area (Å²) in [4.78, 5) is 4.17. The highest BCUT2D eigenvalue weighted by Crippen LogP contribution is 2.33. The molecule has 2 N–H and O–H groups in total. The Morgan fingerprint density at radius 1 is 1.65 bits per heavy atom. The van der Waals surface area contributed by atoms with Crippen LogP contribution in [0.2, 0.25) is 0 Å². The highest BCUT2D eigenvalue weighted by Gasteiger charge is 2.36. The van der Waals surface area contributed by atoms with Crippen LogP contribution in [-0.4, -0.2) is 26.5 Å². The van der Waals surface area contributed by atoms with Crippen molar-refractivity contribution < 1.29 is 4.39 Å². The molecule has 0 spiro atoms. The van der Waals surface area contributed by atoms with Gasteiger partial charge in [0.1, 0.15) is 17.8 Å². The van der Waals surface area contributed by atoms with E-state index in [9.17, 15) is 4.39 Å². The van der Waals surface area contributed by atoms with Crippen molar-refractivity contribution in [2.45, 2.75) is 63.7 Å². The van der Waals surface area contributed by atoms with E-state index in [1.807, 2.05) is 4.68 Å². The zero-order chi connectivity index (χ0) is 12.3. The molecule has 17 heavy (non-hydrogen) atoms. The van der Waals surface area contributed by atoms with Crippen LogP contribution >= 0.6 is 0 Å².